The molecule has 1 aliphatic rings. The van der Waals surface area contributed by atoms with E-state index in [1.54, 1.807) is 16.7 Å². The van der Waals surface area contributed by atoms with Crippen molar-refractivity contribution in [3.63, 3.8) is 0 Å². The van der Waals surface area contributed by atoms with E-state index >= 15 is 0 Å². The zero-order valence-electron chi connectivity index (χ0n) is 15.0. The average Bonchev–Trinajstić information content (AvgIpc) is 2.60. The van der Waals surface area contributed by atoms with Crippen molar-refractivity contribution in [3.8, 4) is 0 Å². The van der Waals surface area contributed by atoms with Crippen LogP contribution in [0.25, 0.3) is 0 Å². The smallest absolute Gasteiger partial charge is 0.220 e. The van der Waals surface area contributed by atoms with Gasteiger partial charge in [0.15, 0.2) is 0 Å². The lowest BCUT2D eigenvalue weighted by Gasteiger charge is -2.30. The Hall–Kier alpha value is -1.47. The minimum Gasteiger partial charge on any atom is -0.356 e. The van der Waals surface area contributed by atoms with E-state index in [0.29, 0.717) is 32.0 Å². The molecule has 0 aliphatic carbocycles. The average molecular weight is 368 g/mol. The Morgan fingerprint density at radius 3 is 2.72 bits per heavy atom. The van der Waals surface area contributed by atoms with Gasteiger partial charge in [0.1, 0.15) is 0 Å². The number of piperidine rings is 1. The second kappa shape index (κ2) is 9.87. The van der Waals surface area contributed by atoms with E-state index in [1.807, 2.05) is 12.1 Å². The van der Waals surface area contributed by atoms with Crippen LogP contribution in [0.5, 0.6) is 0 Å². The molecule has 7 heteroatoms. The number of hydrogen-bond acceptors (Lipinski definition) is 4. The number of hydrogen-bond donors (Lipinski definition) is 1. The van der Waals surface area contributed by atoms with Gasteiger partial charge in [-0.25, -0.2) is 12.7 Å². The summed E-state index contributed by atoms with van der Waals surface area (Å²) < 4.78 is 24.5. The highest BCUT2D eigenvalue weighted by molar-refractivity contribution is 7.88. The van der Waals surface area contributed by atoms with Gasteiger partial charge in [0, 0.05) is 38.4 Å². The summed E-state index contributed by atoms with van der Waals surface area (Å²) in [5.41, 5.74) is 1.08. The molecular formula is C18H29N3O3S. The molecule has 1 fully saturated rings. The number of sulfonamides is 1. The molecule has 6 nitrogen and oxygen atoms in total. The lowest BCUT2D eigenvalue weighted by atomic mass is 9.92. The summed E-state index contributed by atoms with van der Waals surface area (Å²) in [6, 6.07) is 3.86. The molecule has 0 spiro atoms. The maximum Gasteiger partial charge on any atom is 0.220 e. The van der Waals surface area contributed by atoms with Crippen LogP contribution in [0.15, 0.2) is 24.5 Å². The molecule has 1 N–H and O–H groups in total. The predicted octanol–water partition coefficient (Wildman–Crippen LogP) is 1.97. The largest absolute Gasteiger partial charge is 0.356 e. The first kappa shape index (κ1) is 19.8. The number of pyridine rings is 1. The SMILES string of the molecule is CS(=O)(=O)N1CCC(CCCCNC(=O)CCc2cccnc2)CC1. The second-order valence-electron chi connectivity index (χ2n) is 6.81. The third-order valence-electron chi connectivity index (χ3n) is 4.77. The Bertz CT molecular complexity index is 626. The number of unbranched alkanes of at least 4 members (excludes halogenated alkanes) is 1. The molecule has 2 rings (SSSR count). The summed E-state index contributed by atoms with van der Waals surface area (Å²) in [7, 11) is -3.03. The van der Waals surface area contributed by atoms with Crippen LogP contribution in [0.4, 0.5) is 0 Å². The molecule has 0 aromatic carbocycles. The minimum absolute atomic E-state index is 0.0883. The third-order valence-corrected chi connectivity index (χ3v) is 6.07. The number of nitrogens with zero attached hydrogens (tertiary/aromatic N) is 2. The van der Waals surface area contributed by atoms with Crippen LogP contribution < -0.4 is 5.32 Å². The lowest BCUT2D eigenvalue weighted by molar-refractivity contribution is -0.121. The van der Waals surface area contributed by atoms with E-state index in [1.165, 1.54) is 6.26 Å². The molecule has 0 unspecified atom stereocenters. The summed E-state index contributed by atoms with van der Waals surface area (Å²) in [6.07, 6.45) is 11.1. The Morgan fingerprint density at radius 1 is 1.32 bits per heavy atom. The van der Waals surface area contributed by atoms with Gasteiger partial charge >= 0.3 is 0 Å². The van der Waals surface area contributed by atoms with Crippen molar-refractivity contribution in [1.82, 2.24) is 14.6 Å². The summed E-state index contributed by atoms with van der Waals surface area (Å²) in [5, 5.41) is 2.97. The summed E-state index contributed by atoms with van der Waals surface area (Å²) in [4.78, 5) is 15.9. The van der Waals surface area contributed by atoms with Crippen LogP contribution in [-0.2, 0) is 21.2 Å². The fraction of sp³-hybridized carbons (Fsp3) is 0.667. The molecule has 1 saturated heterocycles. The molecule has 0 bridgehead atoms. The summed E-state index contributed by atoms with van der Waals surface area (Å²) in [5.74, 6) is 0.699. The number of rotatable bonds is 9. The van der Waals surface area contributed by atoms with E-state index in [9.17, 15) is 13.2 Å². The van der Waals surface area contributed by atoms with Crippen LogP contribution in [-0.4, -0.2) is 49.5 Å². The van der Waals surface area contributed by atoms with Crippen molar-refractivity contribution in [3.05, 3.63) is 30.1 Å². The Balaban J connectivity index is 1.50. The summed E-state index contributed by atoms with van der Waals surface area (Å²) >= 11 is 0. The Labute approximate surface area is 151 Å². The molecule has 2 heterocycles. The third kappa shape index (κ3) is 7.52. The van der Waals surface area contributed by atoms with Crippen LogP contribution in [0.1, 0.15) is 44.1 Å². The normalized spacial score (nSPS) is 16.7. The van der Waals surface area contributed by atoms with Gasteiger partial charge in [0.05, 0.1) is 6.26 Å². The molecule has 1 amide bonds. The van der Waals surface area contributed by atoms with Gasteiger partial charge < -0.3 is 5.32 Å². The highest BCUT2D eigenvalue weighted by atomic mass is 32.2. The van der Waals surface area contributed by atoms with E-state index in [2.05, 4.69) is 10.3 Å². The van der Waals surface area contributed by atoms with Crippen LogP contribution in [0, 0.1) is 5.92 Å². The second-order valence-corrected chi connectivity index (χ2v) is 8.79. The first-order valence-electron chi connectivity index (χ1n) is 9.06. The van der Waals surface area contributed by atoms with Gasteiger partial charge in [-0.05, 0) is 43.2 Å². The fourth-order valence-electron chi connectivity index (χ4n) is 3.21. The standard InChI is InChI=1S/C18H29N3O3S/c1-25(23,24)21-13-9-16(10-14-21)5-2-3-12-20-18(22)8-7-17-6-4-11-19-15-17/h4,6,11,15-16H,2-3,5,7-10,12-14H2,1H3,(H,20,22). The number of amides is 1. The van der Waals surface area contributed by atoms with Gasteiger partial charge in [0.25, 0.3) is 0 Å². The molecule has 140 valence electrons. The van der Waals surface area contributed by atoms with Crippen LogP contribution in [0.2, 0.25) is 0 Å². The first-order valence-corrected chi connectivity index (χ1v) is 10.9. The molecule has 1 aromatic rings. The summed E-state index contributed by atoms with van der Waals surface area (Å²) in [6.45, 7) is 2.01. The molecular weight excluding hydrogens is 338 g/mol. The van der Waals surface area contributed by atoms with E-state index in [4.69, 9.17) is 0 Å². The number of aromatic nitrogens is 1. The maximum absolute atomic E-state index is 11.8. The van der Waals surface area contributed by atoms with Crippen molar-refractivity contribution < 1.29 is 13.2 Å². The highest BCUT2D eigenvalue weighted by Crippen LogP contribution is 2.23. The first-order chi connectivity index (χ1) is 11.9. The highest BCUT2D eigenvalue weighted by Gasteiger charge is 2.24. The number of nitrogens with one attached hydrogen (secondary N) is 1. The number of aryl methyl sites for hydroxylation is 1. The van der Waals surface area contributed by atoms with Crippen molar-refractivity contribution in [1.29, 1.82) is 0 Å². The molecule has 0 atom stereocenters. The zero-order valence-corrected chi connectivity index (χ0v) is 15.8. The minimum atomic E-state index is -3.03. The quantitative estimate of drug-likeness (QED) is 0.677. The lowest BCUT2D eigenvalue weighted by Crippen LogP contribution is -2.37. The van der Waals surface area contributed by atoms with Crippen LogP contribution in [0.3, 0.4) is 0 Å². The topological polar surface area (TPSA) is 79.4 Å². The van der Waals surface area contributed by atoms with Crippen molar-refractivity contribution in [2.75, 3.05) is 25.9 Å². The molecule has 0 saturated carbocycles. The van der Waals surface area contributed by atoms with Crippen molar-refractivity contribution in [2.45, 2.75) is 44.9 Å². The fourth-order valence-corrected chi connectivity index (χ4v) is 4.08. The molecule has 1 aromatic heterocycles. The van der Waals surface area contributed by atoms with Gasteiger partial charge in [-0.2, -0.15) is 0 Å². The van der Waals surface area contributed by atoms with Crippen LogP contribution >= 0.6 is 0 Å². The Morgan fingerprint density at radius 2 is 2.08 bits per heavy atom. The maximum atomic E-state index is 11.8. The Kier molecular flexibility index (Phi) is 7.84. The van der Waals surface area contributed by atoms with Crippen molar-refractivity contribution >= 4 is 15.9 Å². The van der Waals surface area contributed by atoms with Gasteiger partial charge in [-0.15, -0.1) is 0 Å². The molecule has 25 heavy (non-hydrogen) atoms. The molecule has 0 radical (unpaired) electrons. The van der Waals surface area contributed by atoms with Crippen molar-refractivity contribution in [2.24, 2.45) is 5.92 Å². The van der Waals surface area contributed by atoms with E-state index in [0.717, 1.165) is 44.1 Å². The van der Waals surface area contributed by atoms with Gasteiger partial charge in [-0.1, -0.05) is 18.9 Å². The van der Waals surface area contributed by atoms with E-state index < -0.39 is 10.0 Å². The van der Waals surface area contributed by atoms with Gasteiger partial charge in [-0.3, -0.25) is 9.78 Å². The number of carbonyl (C=O) groups is 1. The van der Waals surface area contributed by atoms with Gasteiger partial charge in [0.2, 0.25) is 15.9 Å². The molecule has 1 aliphatic heterocycles. The van der Waals surface area contributed by atoms with E-state index in [-0.39, 0.29) is 5.91 Å². The monoisotopic (exact) mass is 367 g/mol. The number of carbonyl (C=O) groups excluding carboxylic acids is 1. The predicted molar refractivity (Wildman–Crippen MR) is 98.6 cm³/mol. The zero-order chi connectivity index (χ0) is 18.1.